The third kappa shape index (κ3) is 3.62. The Morgan fingerprint density at radius 2 is 1.84 bits per heavy atom. The molecule has 2 amide bonds. The number of alkyl halides is 2. The average molecular weight is 275 g/mol. The van der Waals surface area contributed by atoms with Gasteiger partial charge in [-0.05, 0) is 13.0 Å². The van der Waals surface area contributed by atoms with E-state index in [0.29, 0.717) is 19.5 Å². The molecule has 2 aliphatic heterocycles. The summed E-state index contributed by atoms with van der Waals surface area (Å²) in [5.74, 6) is -3.30. The standard InChI is InChI=1S/C12H19F2N3O2/c13-12(14)2-5-17(6-3-12)11(19)9-1-4-16(7-9)8-10(15)18/h9H,1-8H2,(H2,15,18). The van der Waals surface area contributed by atoms with E-state index in [9.17, 15) is 18.4 Å². The summed E-state index contributed by atoms with van der Waals surface area (Å²) in [5.41, 5.74) is 5.11. The minimum atomic E-state index is -2.63. The van der Waals surface area contributed by atoms with E-state index in [1.807, 2.05) is 4.90 Å². The molecule has 2 rings (SSSR count). The first kappa shape index (κ1) is 14.2. The number of halogens is 2. The monoisotopic (exact) mass is 275 g/mol. The number of carbonyl (C=O) groups is 2. The summed E-state index contributed by atoms with van der Waals surface area (Å²) in [6, 6.07) is 0. The fourth-order valence-electron chi connectivity index (χ4n) is 2.71. The number of nitrogens with two attached hydrogens (primary N) is 1. The van der Waals surface area contributed by atoms with Crippen molar-refractivity contribution in [2.45, 2.75) is 25.2 Å². The van der Waals surface area contributed by atoms with Gasteiger partial charge in [0.25, 0.3) is 5.92 Å². The molecule has 0 aromatic carbocycles. The second-order valence-electron chi connectivity index (χ2n) is 5.37. The van der Waals surface area contributed by atoms with Crippen LogP contribution >= 0.6 is 0 Å². The molecule has 1 atom stereocenters. The normalized spacial score (nSPS) is 27.5. The van der Waals surface area contributed by atoms with Gasteiger partial charge in [-0.2, -0.15) is 0 Å². The van der Waals surface area contributed by atoms with Crippen LogP contribution in [-0.4, -0.2) is 60.3 Å². The summed E-state index contributed by atoms with van der Waals surface area (Å²) >= 11 is 0. The van der Waals surface area contributed by atoms with Gasteiger partial charge in [0.05, 0.1) is 12.5 Å². The Balaban J connectivity index is 1.83. The van der Waals surface area contributed by atoms with Gasteiger partial charge >= 0.3 is 0 Å². The van der Waals surface area contributed by atoms with Gasteiger partial charge in [-0.1, -0.05) is 0 Å². The van der Waals surface area contributed by atoms with Crippen molar-refractivity contribution in [1.82, 2.24) is 9.80 Å². The van der Waals surface area contributed by atoms with Crippen LogP contribution in [0.2, 0.25) is 0 Å². The van der Waals surface area contributed by atoms with Gasteiger partial charge in [0, 0.05) is 32.5 Å². The van der Waals surface area contributed by atoms with Gasteiger partial charge in [-0.25, -0.2) is 8.78 Å². The highest BCUT2D eigenvalue weighted by Gasteiger charge is 2.38. The van der Waals surface area contributed by atoms with Crippen LogP contribution in [0.4, 0.5) is 8.78 Å². The molecule has 0 radical (unpaired) electrons. The lowest BCUT2D eigenvalue weighted by molar-refractivity contribution is -0.141. The van der Waals surface area contributed by atoms with Crippen LogP contribution in [0.5, 0.6) is 0 Å². The first-order chi connectivity index (χ1) is 8.87. The van der Waals surface area contributed by atoms with E-state index < -0.39 is 11.8 Å². The van der Waals surface area contributed by atoms with Crippen LogP contribution in [0.3, 0.4) is 0 Å². The number of nitrogens with zero attached hydrogens (tertiary/aromatic N) is 2. The molecule has 5 nitrogen and oxygen atoms in total. The number of rotatable bonds is 3. The maximum absolute atomic E-state index is 13.0. The van der Waals surface area contributed by atoms with E-state index in [4.69, 9.17) is 5.73 Å². The van der Waals surface area contributed by atoms with Crippen LogP contribution in [0, 0.1) is 5.92 Å². The first-order valence-corrected chi connectivity index (χ1v) is 6.55. The van der Waals surface area contributed by atoms with Gasteiger partial charge in [0.2, 0.25) is 11.8 Å². The van der Waals surface area contributed by atoms with E-state index in [2.05, 4.69) is 0 Å². The molecule has 0 saturated carbocycles. The van der Waals surface area contributed by atoms with E-state index >= 15 is 0 Å². The molecule has 0 spiro atoms. The van der Waals surface area contributed by atoms with Gasteiger partial charge in [-0.15, -0.1) is 0 Å². The Morgan fingerprint density at radius 1 is 1.21 bits per heavy atom. The molecule has 2 fully saturated rings. The first-order valence-electron chi connectivity index (χ1n) is 6.55. The predicted molar refractivity (Wildman–Crippen MR) is 64.5 cm³/mol. The second-order valence-corrected chi connectivity index (χ2v) is 5.37. The van der Waals surface area contributed by atoms with Crippen molar-refractivity contribution in [3.05, 3.63) is 0 Å². The van der Waals surface area contributed by atoms with Crippen LogP contribution in [0.25, 0.3) is 0 Å². The van der Waals surface area contributed by atoms with E-state index in [1.165, 1.54) is 4.90 Å². The molecular formula is C12H19F2N3O2. The highest BCUT2D eigenvalue weighted by atomic mass is 19.3. The molecule has 2 N–H and O–H groups in total. The molecule has 2 aliphatic rings. The fourth-order valence-corrected chi connectivity index (χ4v) is 2.71. The summed E-state index contributed by atoms with van der Waals surface area (Å²) in [6.07, 6.45) is 0.159. The molecule has 19 heavy (non-hydrogen) atoms. The van der Waals surface area contributed by atoms with Gasteiger partial charge in [0.1, 0.15) is 0 Å². The zero-order valence-electron chi connectivity index (χ0n) is 10.8. The number of amides is 2. The molecular weight excluding hydrogens is 256 g/mol. The Morgan fingerprint density at radius 3 is 2.42 bits per heavy atom. The zero-order chi connectivity index (χ0) is 14.0. The van der Waals surface area contributed by atoms with Crippen molar-refractivity contribution in [3.63, 3.8) is 0 Å². The molecule has 2 heterocycles. The summed E-state index contributed by atoms with van der Waals surface area (Å²) in [6.45, 7) is 1.55. The number of primary amides is 1. The quantitative estimate of drug-likeness (QED) is 0.791. The van der Waals surface area contributed by atoms with Gasteiger partial charge < -0.3 is 10.6 Å². The summed E-state index contributed by atoms with van der Waals surface area (Å²) in [7, 11) is 0. The maximum Gasteiger partial charge on any atom is 0.251 e. The van der Waals surface area contributed by atoms with Crippen molar-refractivity contribution in [2.24, 2.45) is 11.7 Å². The lowest BCUT2D eigenvalue weighted by atomic mass is 10.0. The number of likely N-dealkylation sites (tertiary alicyclic amines) is 2. The molecule has 108 valence electrons. The van der Waals surface area contributed by atoms with Gasteiger partial charge in [0.15, 0.2) is 0 Å². The van der Waals surface area contributed by atoms with Crippen LogP contribution in [0.15, 0.2) is 0 Å². The van der Waals surface area contributed by atoms with E-state index in [0.717, 1.165) is 0 Å². The third-order valence-corrected chi connectivity index (χ3v) is 3.81. The molecule has 0 bridgehead atoms. The number of hydrogen-bond donors (Lipinski definition) is 1. The van der Waals surface area contributed by atoms with E-state index in [-0.39, 0.29) is 44.3 Å². The molecule has 2 saturated heterocycles. The minimum absolute atomic E-state index is 0.0672. The topological polar surface area (TPSA) is 66.6 Å². The largest absolute Gasteiger partial charge is 0.369 e. The number of hydrogen-bond acceptors (Lipinski definition) is 3. The molecule has 0 aromatic heterocycles. The maximum atomic E-state index is 13.0. The average Bonchev–Trinajstić information content (AvgIpc) is 2.75. The smallest absolute Gasteiger partial charge is 0.251 e. The number of carbonyl (C=O) groups excluding carboxylic acids is 2. The highest BCUT2D eigenvalue weighted by molar-refractivity contribution is 5.80. The van der Waals surface area contributed by atoms with Crippen molar-refractivity contribution < 1.29 is 18.4 Å². The third-order valence-electron chi connectivity index (χ3n) is 3.81. The Kier molecular flexibility index (Phi) is 4.03. The van der Waals surface area contributed by atoms with Crippen LogP contribution in [-0.2, 0) is 9.59 Å². The van der Waals surface area contributed by atoms with E-state index in [1.54, 1.807) is 0 Å². The van der Waals surface area contributed by atoms with Crippen LogP contribution < -0.4 is 5.73 Å². The summed E-state index contributed by atoms with van der Waals surface area (Å²) in [5, 5.41) is 0. The summed E-state index contributed by atoms with van der Waals surface area (Å²) < 4.78 is 26.1. The Bertz CT molecular complexity index is 366. The Hall–Kier alpha value is -1.24. The summed E-state index contributed by atoms with van der Waals surface area (Å²) in [4.78, 5) is 26.3. The lowest BCUT2D eigenvalue weighted by Crippen LogP contribution is -2.45. The highest BCUT2D eigenvalue weighted by Crippen LogP contribution is 2.29. The molecule has 1 unspecified atom stereocenters. The predicted octanol–water partition coefficient (Wildman–Crippen LogP) is 0.0513. The lowest BCUT2D eigenvalue weighted by Gasteiger charge is -2.33. The van der Waals surface area contributed by atoms with Crippen molar-refractivity contribution in [2.75, 3.05) is 32.7 Å². The zero-order valence-corrected chi connectivity index (χ0v) is 10.8. The SMILES string of the molecule is NC(=O)CN1CCC(C(=O)N2CCC(F)(F)CC2)C1. The van der Waals surface area contributed by atoms with Gasteiger partial charge in [-0.3, -0.25) is 14.5 Å². The Labute approximate surface area is 110 Å². The number of piperidine rings is 1. The van der Waals surface area contributed by atoms with Crippen molar-refractivity contribution in [1.29, 1.82) is 0 Å². The molecule has 0 aromatic rings. The van der Waals surface area contributed by atoms with Crippen LogP contribution in [0.1, 0.15) is 19.3 Å². The molecule has 7 heteroatoms. The minimum Gasteiger partial charge on any atom is -0.369 e. The van der Waals surface area contributed by atoms with Crippen molar-refractivity contribution >= 4 is 11.8 Å². The molecule has 0 aliphatic carbocycles. The fraction of sp³-hybridized carbons (Fsp3) is 0.833. The van der Waals surface area contributed by atoms with Crippen molar-refractivity contribution in [3.8, 4) is 0 Å². The second kappa shape index (κ2) is 5.40.